The molecular weight excluding hydrogens is 200 g/mol. The molecule has 0 saturated heterocycles. The molecule has 0 aliphatic rings. The van der Waals surface area contributed by atoms with Crippen LogP contribution >= 0.6 is 0 Å². The van der Waals surface area contributed by atoms with E-state index in [1.165, 1.54) is 0 Å². The molecule has 2 N–H and O–H groups in total. The fraction of sp³-hybridized carbons (Fsp3) is 0.583. The molecule has 0 aromatic carbocycles. The predicted molar refractivity (Wildman–Crippen MR) is 69.7 cm³/mol. The Hall–Kier alpha value is -1.29. The Morgan fingerprint density at radius 2 is 2.06 bits per heavy atom. The van der Waals surface area contributed by atoms with E-state index in [0.29, 0.717) is 11.7 Å². The van der Waals surface area contributed by atoms with Gasteiger partial charge >= 0.3 is 0 Å². The molecule has 0 saturated carbocycles. The van der Waals surface area contributed by atoms with Crippen molar-refractivity contribution in [2.75, 3.05) is 37.8 Å². The number of nitrogens with zero attached hydrogens (tertiary/aromatic N) is 3. The van der Waals surface area contributed by atoms with Crippen LogP contribution in [0.2, 0.25) is 0 Å². The fourth-order valence-corrected chi connectivity index (χ4v) is 1.89. The van der Waals surface area contributed by atoms with E-state index in [-0.39, 0.29) is 0 Å². The minimum atomic E-state index is 0.441. The second-order valence-corrected chi connectivity index (χ2v) is 4.35. The van der Waals surface area contributed by atoms with E-state index >= 15 is 0 Å². The second kappa shape index (κ2) is 5.70. The van der Waals surface area contributed by atoms with E-state index < -0.39 is 0 Å². The number of aromatic nitrogens is 1. The summed E-state index contributed by atoms with van der Waals surface area (Å²) in [6.07, 6.45) is 1.71. The largest absolute Gasteiger partial charge is 0.397 e. The molecule has 0 spiro atoms. The Balaban J connectivity index is 2.77. The average molecular weight is 222 g/mol. The third-order valence-electron chi connectivity index (χ3n) is 2.57. The molecule has 0 radical (unpaired) electrons. The first kappa shape index (κ1) is 12.8. The van der Waals surface area contributed by atoms with Crippen molar-refractivity contribution in [3.05, 3.63) is 18.3 Å². The Morgan fingerprint density at radius 1 is 1.38 bits per heavy atom. The molecular formula is C12H22N4. The molecule has 1 atom stereocenters. The van der Waals surface area contributed by atoms with Gasteiger partial charge in [-0.25, -0.2) is 4.98 Å². The minimum absolute atomic E-state index is 0.441. The third kappa shape index (κ3) is 3.38. The first-order valence-electron chi connectivity index (χ1n) is 5.67. The van der Waals surface area contributed by atoms with E-state index in [9.17, 15) is 0 Å². The quantitative estimate of drug-likeness (QED) is 0.819. The standard InChI is InChI=1S/C12H22N4/c1-5-16(10(2)9-15(3)4)12-7-6-11(13)8-14-12/h6-8,10H,5,9,13H2,1-4H3. The summed E-state index contributed by atoms with van der Waals surface area (Å²) in [5.74, 6) is 0.992. The van der Waals surface area contributed by atoms with E-state index in [4.69, 9.17) is 5.73 Å². The van der Waals surface area contributed by atoms with Gasteiger partial charge in [0.2, 0.25) is 0 Å². The van der Waals surface area contributed by atoms with E-state index in [2.05, 4.69) is 42.7 Å². The molecule has 4 heteroatoms. The van der Waals surface area contributed by atoms with Crippen LogP contribution in [0.5, 0.6) is 0 Å². The van der Waals surface area contributed by atoms with Crippen LogP contribution in [-0.4, -0.2) is 43.1 Å². The number of pyridine rings is 1. The maximum Gasteiger partial charge on any atom is 0.128 e. The molecule has 0 amide bonds. The van der Waals surface area contributed by atoms with Gasteiger partial charge in [-0.05, 0) is 40.1 Å². The molecule has 0 fully saturated rings. The predicted octanol–water partition coefficient (Wildman–Crippen LogP) is 1.44. The SMILES string of the molecule is CCN(c1ccc(N)cn1)C(C)CN(C)C. The van der Waals surface area contributed by atoms with Gasteiger partial charge in [0.1, 0.15) is 5.82 Å². The van der Waals surface area contributed by atoms with Gasteiger partial charge < -0.3 is 15.5 Å². The van der Waals surface area contributed by atoms with Crippen LogP contribution in [0.1, 0.15) is 13.8 Å². The van der Waals surface area contributed by atoms with Gasteiger partial charge in [0.15, 0.2) is 0 Å². The van der Waals surface area contributed by atoms with Crippen molar-refractivity contribution >= 4 is 11.5 Å². The Labute approximate surface area is 98.1 Å². The van der Waals surface area contributed by atoms with Crippen molar-refractivity contribution in [3.8, 4) is 0 Å². The summed E-state index contributed by atoms with van der Waals surface area (Å²) < 4.78 is 0. The van der Waals surface area contributed by atoms with E-state index in [1.807, 2.05) is 12.1 Å². The summed E-state index contributed by atoms with van der Waals surface area (Å²) in [6, 6.07) is 4.31. The summed E-state index contributed by atoms with van der Waals surface area (Å²) in [4.78, 5) is 8.82. The van der Waals surface area contributed by atoms with Crippen molar-refractivity contribution in [2.45, 2.75) is 19.9 Å². The summed E-state index contributed by atoms with van der Waals surface area (Å²) in [5.41, 5.74) is 6.34. The average Bonchev–Trinajstić information content (AvgIpc) is 2.21. The highest BCUT2D eigenvalue weighted by atomic mass is 15.2. The number of anilines is 2. The smallest absolute Gasteiger partial charge is 0.128 e. The molecule has 1 aromatic rings. The zero-order valence-corrected chi connectivity index (χ0v) is 10.6. The van der Waals surface area contributed by atoms with Gasteiger partial charge in [0.25, 0.3) is 0 Å². The van der Waals surface area contributed by atoms with Gasteiger partial charge in [0, 0.05) is 19.1 Å². The first-order valence-corrected chi connectivity index (χ1v) is 5.67. The molecule has 1 aromatic heterocycles. The number of hydrogen-bond donors (Lipinski definition) is 1. The lowest BCUT2D eigenvalue weighted by atomic mass is 10.2. The summed E-state index contributed by atoms with van der Waals surface area (Å²) in [6.45, 7) is 6.32. The van der Waals surface area contributed by atoms with Crippen LogP contribution in [0, 0.1) is 0 Å². The van der Waals surface area contributed by atoms with Crippen LogP contribution in [0.25, 0.3) is 0 Å². The first-order chi connectivity index (χ1) is 7.54. The van der Waals surface area contributed by atoms with Gasteiger partial charge in [-0.1, -0.05) is 0 Å². The number of nitrogens with two attached hydrogens (primary N) is 1. The molecule has 4 nitrogen and oxygen atoms in total. The molecule has 1 heterocycles. The lowest BCUT2D eigenvalue weighted by Gasteiger charge is -2.31. The van der Waals surface area contributed by atoms with Crippen molar-refractivity contribution in [1.29, 1.82) is 0 Å². The third-order valence-corrected chi connectivity index (χ3v) is 2.57. The van der Waals surface area contributed by atoms with Crippen LogP contribution < -0.4 is 10.6 Å². The highest BCUT2D eigenvalue weighted by Gasteiger charge is 2.14. The van der Waals surface area contributed by atoms with E-state index in [1.54, 1.807) is 6.20 Å². The van der Waals surface area contributed by atoms with Crippen molar-refractivity contribution in [2.24, 2.45) is 0 Å². The molecule has 0 aliphatic carbocycles. The topological polar surface area (TPSA) is 45.4 Å². The van der Waals surface area contributed by atoms with Gasteiger partial charge in [-0.15, -0.1) is 0 Å². The minimum Gasteiger partial charge on any atom is -0.397 e. The highest BCUT2D eigenvalue weighted by molar-refractivity contribution is 5.46. The van der Waals surface area contributed by atoms with Crippen molar-refractivity contribution in [1.82, 2.24) is 9.88 Å². The molecule has 1 rings (SSSR count). The van der Waals surface area contributed by atoms with Crippen LogP contribution in [0.4, 0.5) is 11.5 Å². The molecule has 0 aliphatic heterocycles. The van der Waals surface area contributed by atoms with Crippen LogP contribution in [0.15, 0.2) is 18.3 Å². The second-order valence-electron chi connectivity index (χ2n) is 4.35. The Morgan fingerprint density at radius 3 is 2.50 bits per heavy atom. The van der Waals surface area contributed by atoms with E-state index in [0.717, 1.165) is 18.9 Å². The maximum atomic E-state index is 5.64. The number of rotatable bonds is 5. The van der Waals surface area contributed by atoms with Crippen LogP contribution in [0.3, 0.4) is 0 Å². The number of nitrogen functional groups attached to an aromatic ring is 1. The number of hydrogen-bond acceptors (Lipinski definition) is 4. The Bertz CT molecular complexity index is 307. The zero-order chi connectivity index (χ0) is 12.1. The normalized spacial score (nSPS) is 12.8. The molecule has 16 heavy (non-hydrogen) atoms. The lowest BCUT2D eigenvalue weighted by Crippen LogP contribution is -2.40. The lowest BCUT2D eigenvalue weighted by molar-refractivity contribution is 0.372. The maximum absolute atomic E-state index is 5.64. The fourth-order valence-electron chi connectivity index (χ4n) is 1.89. The van der Waals surface area contributed by atoms with Crippen molar-refractivity contribution < 1.29 is 0 Å². The van der Waals surface area contributed by atoms with Gasteiger partial charge in [0.05, 0.1) is 11.9 Å². The summed E-state index contributed by atoms with van der Waals surface area (Å²) in [7, 11) is 4.17. The zero-order valence-electron chi connectivity index (χ0n) is 10.6. The molecule has 0 bridgehead atoms. The monoisotopic (exact) mass is 222 g/mol. The van der Waals surface area contributed by atoms with Crippen LogP contribution in [-0.2, 0) is 0 Å². The molecule has 1 unspecified atom stereocenters. The number of likely N-dealkylation sites (N-methyl/N-ethyl adjacent to an activating group) is 2. The highest BCUT2D eigenvalue weighted by Crippen LogP contribution is 2.15. The van der Waals surface area contributed by atoms with Crippen molar-refractivity contribution in [3.63, 3.8) is 0 Å². The molecule has 90 valence electrons. The van der Waals surface area contributed by atoms with Gasteiger partial charge in [-0.2, -0.15) is 0 Å². The van der Waals surface area contributed by atoms with Gasteiger partial charge in [-0.3, -0.25) is 0 Å². The Kier molecular flexibility index (Phi) is 4.55. The summed E-state index contributed by atoms with van der Waals surface area (Å²) >= 11 is 0. The summed E-state index contributed by atoms with van der Waals surface area (Å²) in [5, 5.41) is 0.